The third-order valence-corrected chi connectivity index (χ3v) is 3.58. The van der Waals surface area contributed by atoms with Crippen LogP contribution in [-0.2, 0) is 4.74 Å². The van der Waals surface area contributed by atoms with E-state index in [1.165, 1.54) is 58.0 Å². The summed E-state index contributed by atoms with van der Waals surface area (Å²) in [5, 5.41) is 3.40. The molecule has 1 N–H and O–H groups in total. The maximum absolute atomic E-state index is 5.99. The highest BCUT2D eigenvalue weighted by Crippen LogP contribution is 2.22. The van der Waals surface area contributed by atoms with E-state index in [2.05, 4.69) is 5.32 Å². The molecule has 0 amide bonds. The predicted molar refractivity (Wildman–Crippen MR) is 80.2 cm³/mol. The largest absolute Gasteiger partial charge is 0.378 e. The Bertz CT molecular complexity index is 142. The van der Waals surface area contributed by atoms with Gasteiger partial charge in [-0.15, -0.1) is 37.2 Å². The summed E-state index contributed by atoms with van der Waals surface area (Å²) in [6, 6.07) is 0. The second-order valence-corrected chi connectivity index (χ2v) is 4.79. The lowest BCUT2D eigenvalue weighted by atomic mass is 9.96. The summed E-state index contributed by atoms with van der Waals surface area (Å²) in [6.45, 7) is 3.41. The molecule has 0 bridgehead atoms. The van der Waals surface area contributed by atoms with Gasteiger partial charge in [0.25, 0.3) is 0 Å². The van der Waals surface area contributed by atoms with Crippen LogP contribution in [0.3, 0.4) is 0 Å². The van der Waals surface area contributed by atoms with Gasteiger partial charge >= 0.3 is 0 Å². The van der Waals surface area contributed by atoms with Crippen LogP contribution in [0, 0.1) is 5.92 Å². The molecule has 1 saturated carbocycles. The summed E-state index contributed by atoms with van der Waals surface area (Å²) in [7, 11) is 0. The van der Waals surface area contributed by atoms with Crippen molar-refractivity contribution in [1.29, 1.82) is 0 Å². The number of rotatable bonds is 3. The molecule has 0 aromatic heterocycles. The van der Waals surface area contributed by atoms with E-state index in [-0.39, 0.29) is 37.2 Å². The van der Waals surface area contributed by atoms with Crippen LogP contribution in [0.25, 0.3) is 0 Å². The van der Waals surface area contributed by atoms with Crippen LogP contribution < -0.4 is 5.32 Å². The average molecular weight is 307 g/mol. The van der Waals surface area contributed by atoms with Gasteiger partial charge in [0.15, 0.2) is 0 Å². The monoisotopic (exact) mass is 305 g/mol. The van der Waals surface area contributed by atoms with Gasteiger partial charge in [-0.05, 0) is 44.7 Å². The van der Waals surface area contributed by atoms with Gasteiger partial charge in [-0.3, -0.25) is 0 Å². The first-order chi connectivity index (χ1) is 6.95. The van der Waals surface area contributed by atoms with Crippen molar-refractivity contribution < 1.29 is 4.74 Å². The second-order valence-electron chi connectivity index (χ2n) is 4.79. The average Bonchev–Trinajstić information content (AvgIpc) is 2.29. The van der Waals surface area contributed by atoms with Gasteiger partial charge in [0, 0.05) is 6.61 Å². The highest BCUT2D eigenvalue weighted by molar-refractivity contribution is 5.86. The Morgan fingerprint density at radius 3 is 2.00 bits per heavy atom. The molecule has 0 radical (unpaired) electrons. The van der Waals surface area contributed by atoms with E-state index < -0.39 is 0 Å². The van der Waals surface area contributed by atoms with E-state index in [1.807, 2.05) is 0 Å². The first kappa shape index (κ1) is 20.1. The summed E-state index contributed by atoms with van der Waals surface area (Å²) in [5.41, 5.74) is 0. The Kier molecular flexibility index (Phi) is 14.0. The standard InChI is InChI=1S/C12H23NO.3ClH/c1-2-4-12(5-3-1)14-10-11-6-8-13-9-7-11;;;/h11-13H,1-10H2;3*1H. The molecular weight excluding hydrogens is 280 g/mol. The van der Waals surface area contributed by atoms with Crippen LogP contribution in [0.15, 0.2) is 0 Å². The number of ether oxygens (including phenoxy) is 1. The van der Waals surface area contributed by atoms with E-state index in [9.17, 15) is 0 Å². The second kappa shape index (κ2) is 11.9. The van der Waals surface area contributed by atoms with Crippen LogP contribution in [0.2, 0.25) is 0 Å². The topological polar surface area (TPSA) is 21.3 Å². The zero-order chi connectivity index (χ0) is 9.64. The molecule has 106 valence electrons. The lowest BCUT2D eigenvalue weighted by Gasteiger charge is -2.27. The third kappa shape index (κ3) is 7.74. The Balaban J connectivity index is 0. The van der Waals surface area contributed by atoms with Gasteiger partial charge in [-0.1, -0.05) is 19.3 Å². The molecule has 2 fully saturated rings. The molecule has 17 heavy (non-hydrogen) atoms. The van der Waals surface area contributed by atoms with Crippen LogP contribution in [0.1, 0.15) is 44.9 Å². The molecule has 2 rings (SSSR count). The van der Waals surface area contributed by atoms with E-state index in [4.69, 9.17) is 4.74 Å². The minimum absolute atomic E-state index is 0. The maximum Gasteiger partial charge on any atom is 0.0575 e. The molecule has 0 unspecified atom stereocenters. The fraction of sp³-hybridized carbons (Fsp3) is 1.00. The zero-order valence-corrected chi connectivity index (χ0v) is 12.8. The fourth-order valence-electron chi connectivity index (χ4n) is 2.55. The van der Waals surface area contributed by atoms with Gasteiger partial charge in [-0.25, -0.2) is 0 Å². The Hall–Kier alpha value is 0.790. The quantitative estimate of drug-likeness (QED) is 0.860. The molecule has 2 aliphatic rings. The molecule has 1 aliphatic carbocycles. The zero-order valence-electron chi connectivity index (χ0n) is 10.4. The number of nitrogens with one attached hydrogen (secondary N) is 1. The van der Waals surface area contributed by atoms with Crippen LogP contribution in [-0.4, -0.2) is 25.8 Å². The lowest BCUT2D eigenvalue weighted by molar-refractivity contribution is 0.00249. The van der Waals surface area contributed by atoms with E-state index >= 15 is 0 Å². The smallest absolute Gasteiger partial charge is 0.0575 e. The fourth-order valence-corrected chi connectivity index (χ4v) is 2.55. The van der Waals surface area contributed by atoms with Crippen molar-refractivity contribution in [2.24, 2.45) is 5.92 Å². The lowest BCUT2D eigenvalue weighted by Crippen LogP contribution is -2.31. The van der Waals surface area contributed by atoms with Gasteiger partial charge in [0.1, 0.15) is 0 Å². The van der Waals surface area contributed by atoms with Gasteiger partial charge in [0.05, 0.1) is 6.10 Å². The van der Waals surface area contributed by atoms with Crippen LogP contribution >= 0.6 is 37.2 Å². The van der Waals surface area contributed by atoms with Crippen molar-refractivity contribution in [1.82, 2.24) is 5.32 Å². The Labute approximate surface area is 124 Å². The first-order valence-electron chi connectivity index (χ1n) is 6.27. The summed E-state index contributed by atoms with van der Waals surface area (Å²) in [5.74, 6) is 0.832. The summed E-state index contributed by atoms with van der Waals surface area (Å²) < 4.78 is 5.99. The molecule has 1 saturated heterocycles. The van der Waals surface area contributed by atoms with Crippen molar-refractivity contribution in [3.8, 4) is 0 Å². The molecular formula is C12H26Cl3NO. The van der Waals surface area contributed by atoms with E-state index in [0.717, 1.165) is 12.5 Å². The minimum atomic E-state index is 0. The van der Waals surface area contributed by atoms with E-state index in [0.29, 0.717) is 6.10 Å². The van der Waals surface area contributed by atoms with Crippen molar-refractivity contribution in [3.05, 3.63) is 0 Å². The van der Waals surface area contributed by atoms with E-state index in [1.54, 1.807) is 0 Å². The highest BCUT2D eigenvalue weighted by atomic mass is 35.5. The maximum atomic E-state index is 5.99. The molecule has 0 atom stereocenters. The van der Waals surface area contributed by atoms with Gasteiger partial charge < -0.3 is 10.1 Å². The molecule has 0 aromatic carbocycles. The predicted octanol–water partition coefficient (Wildman–Crippen LogP) is 3.60. The molecule has 1 aliphatic heterocycles. The molecule has 0 aromatic rings. The molecule has 0 spiro atoms. The number of piperidine rings is 1. The van der Waals surface area contributed by atoms with Crippen molar-refractivity contribution in [3.63, 3.8) is 0 Å². The number of halogens is 3. The summed E-state index contributed by atoms with van der Waals surface area (Å²) in [4.78, 5) is 0. The third-order valence-electron chi connectivity index (χ3n) is 3.58. The highest BCUT2D eigenvalue weighted by Gasteiger charge is 2.17. The molecule has 5 heteroatoms. The molecule has 1 heterocycles. The van der Waals surface area contributed by atoms with Crippen LogP contribution in [0.5, 0.6) is 0 Å². The van der Waals surface area contributed by atoms with Crippen molar-refractivity contribution in [2.45, 2.75) is 51.0 Å². The SMILES string of the molecule is C1CCC(OCC2CCNCC2)CC1.Cl.Cl.Cl. The summed E-state index contributed by atoms with van der Waals surface area (Å²) >= 11 is 0. The number of hydrogen-bond acceptors (Lipinski definition) is 2. The van der Waals surface area contributed by atoms with Crippen LogP contribution in [0.4, 0.5) is 0 Å². The first-order valence-corrected chi connectivity index (χ1v) is 6.27. The van der Waals surface area contributed by atoms with Gasteiger partial charge in [0.2, 0.25) is 0 Å². The Morgan fingerprint density at radius 2 is 1.41 bits per heavy atom. The van der Waals surface area contributed by atoms with Crippen molar-refractivity contribution in [2.75, 3.05) is 19.7 Å². The van der Waals surface area contributed by atoms with Crippen molar-refractivity contribution >= 4 is 37.2 Å². The number of hydrogen-bond donors (Lipinski definition) is 1. The molecule has 2 nitrogen and oxygen atoms in total. The minimum Gasteiger partial charge on any atom is -0.378 e. The van der Waals surface area contributed by atoms with Gasteiger partial charge in [-0.2, -0.15) is 0 Å². The normalized spacial score (nSPS) is 21.9. The Morgan fingerprint density at radius 1 is 0.824 bits per heavy atom. The summed E-state index contributed by atoms with van der Waals surface area (Å²) in [6.07, 6.45) is 10.0.